The van der Waals surface area contributed by atoms with Crippen LogP contribution in [0.4, 0.5) is 0 Å². The van der Waals surface area contributed by atoms with E-state index in [0.29, 0.717) is 0 Å². The van der Waals surface area contributed by atoms with Gasteiger partial charge in [0, 0.05) is 43.7 Å². The highest BCUT2D eigenvalue weighted by Crippen LogP contribution is 2.18. The van der Waals surface area contributed by atoms with Crippen molar-refractivity contribution < 1.29 is 4.79 Å². The third-order valence-corrected chi connectivity index (χ3v) is 3.90. The number of hydrogen-bond donors (Lipinski definition) is 0. The summed E-state index contributed by atoms with van der Waals surface area (Å²) in [6, 6.07) is 7.95. The van der Waals surface area contributed by atoms with E-state index in [2.05, 4.69) is 11.0 Å². The lowest BCUT2D eigenvalue weighted by Gasteiger charge is -2.35. The Bertz CT molecular complexity index is 440. The number of nitrogens with zero attached hydrogens (tertiary/aromatic N) is 2. The van der Waals surface area contributed by atoms with Crippen molar-refractivity contribution in [1.82, 2.24) is 9.80 Å². The van der Waals surface area contributed by atoms with Gasteiger partial charge in [0.05, 0.1) is 0 Å². The molecule has 1 aliphatic heterocycles. The van der Waals surface area contributed by atoms with Crippen LogP contribution in [0.1, 0.15) is 19.4 Å². The molecule has 1 aromatic rings. The maximum absolute atomic E-state index is 11.9. The smallest absolute Gasteiger partial charge is 0.225 e. The average Bonchev–Trinajstić information content (AvgIpc) is 2.41. The fourth-order valence-electron chi connectivity index (χ4n) is 2.36. The highest BCUT2D eigenvalue weighted by Gasteiger charge is 2.22. The van der Waals surface area contributed by atoms with Crippen molar-refractivity contribution in [3.05, 3.63) is 34.9 Å². The topological polar surface area (TPSA) is 23.6 Å². The summed E-state index contributed by atoms with van der Waals surface area (Å²) in [5.41, 5.74) is 1.16. The van der Waals surface area contributed by atoms with Gasteiger partial charge in [0.1, 0.15) is 0 Å². The molecule has 0 radical (unpaired) electrons. The average molecular weight is 281 g/mol. The van der Waals surface area contributed by atoms with Crippen LogP contribution in [0.25, 0.3) is 0 Å². The van der Waals surface area contributed by atoms with Crippen molar-refractivity contribution in [2.24, 2.45) is 5.92 Å². The van der Waals surface area contributed by atoms with Gasteiger partial charge in [-0.3, -0.25) is 9.69 Å². The van der Waals surface area contributed by atoms with Gasteiger partial charge >= 0.3 is 0 Å². The van der Waals surface area contributed by atoms with Gasteiger partial charge in [-0.15, -0.1) is 0 Å². The molecule has 1 heterocycles. The molecule has 0 saturated carbocycles. The maximum Gasteiger partial charge on any atom is 0.225 e. The van der Waals surface area contributed by atoms with E-state index in [9.17, 15) is 4.79 Å². The monoisotopic (exact) mass is 280 g/mol. The maximum atomic E-state index is 11.9. The van der Waals surface area contributed by atoms with Crippen LogP contribution in [0.15, 0.2) is 24.3 Å². The zero-order valence-electron chi connectivity index (χ0n) is 11.6. The normalized spacial score (nSPS) is 16.9. The van der Waals surface area contributed by atoms with Crippen molar-refractivity contribution in [3.63, 3.8) is 0 Å². The molecule has 0 spiro atoms. The summed E-state index contributed by atoms with van der Waals surface area (Å²) in [4.78, 5) is 16.2. The van der Waals surface area contributed by atoms with Crippen LogP contribution in [-0.4, -0.2) is 41.9 Å². The summed E-state index contributed by atoms with van der Waals surface area (Å²) in [5.74, 6) is 0.354. The van der Waals surface area contributed by atoms with Gasteiger partial charge in [-0.05, 0) is 11.6 Å². The largest absolute Gasteiger partial charge is 0.340 e. The number of amides is 1. The first-order valence-electron chi connectivity index (χ1n) is 6.82. The summed E-state index contributed by atoms with van der Waals surface area (Å²) in [6.07, 6.45) is 0. The number of piperazine rings is 1. The Kier molecular flexibility index (Phi) is 4.83. The molecule has 19 heavy (non-hydrogen) atoms. The molecule has 0 aliphatic carbocycles. The number of carbonyl (C=O) groups excluding carboxylic acids is 1. The fraction of sp³-hybridized carbons (Fsp3) is 0.533. The van der Waals surface area contributed by atoms with Crippen LogP contribution in [0.3, 0.4) is 0 Å². The molecule has 1 amide bonds. The number of benzene rings is 1. The second kappa shape index (κ2) is 6.40. The molecule has 1 aliphatic rings. The predicted molar refractivity (Wildman–Crippen MR) is 78.1 cm³/mol. The molecule has 1 aromatic carbocycles. The molecule has 4 heteroatoms. The molecular formula is C15H21ClN2O. The van der Waals surface area contributed by atoms with Gasteiger partial charge in [0.15, 0.2) is 0 Å². The molecule has 104 valence electrons. The van der Waals surface area contributed by atoms with E-state index in [1.807, 2.05) is 36.9 Å². The molecule has 0 atom stereocenters. The summed E-state index contributed by atoms with van der Waals surface area (Å²) in [6.45, 7) is 8.26. The number of carbonyl (C=O) groups is 1. The van der Waals surface area contributed by atoms with E-state index in [1.54, 1.807) is 0 Å². The van der Waals surface area contributed by atoms with Gasteiger partial charge in [0.25, 0.3) is 0 Å². The van der Waals surface area contributed by atoms with Crippen molar-refractivity contribution in [2.45, 2.75) is 20.4 Å². The van der Waals surface area contributed by atoms with E-state index >= 15 is 0 Å². The SMILES string of the molecule is CC(C)C(=O)N1CCN(Cc2ccccc2Cl)CC1. The lowest BCUT2D eigenvalue weighted by molar-refractivity contribution is -0.136. The Morgan fingerprint density at radius 2 is 1.84 bits per heavy atom. The van der Waals surface area contributed by atoms with Gasteiger partial charge in [0.2, 0.25) is 5.91 Å². The lowest BCUT2D eigenvalue weighted by Crippen LogP contribution is -2.49. The van der Waals surface area contributed by atoms with Gasteiger partial charge in [-0.25, -0.2) is 0 Å². The third kappa shape index (κ3) is 3.71. The fourth-order valence-corrected chi connectivity index (χ4v) is 2.55. The molecule has 1 saturated heterocycles. The summed E-state index contributed by atoms with van der Waals surface area (Å²) >= 11 is 6.17. The number of hydrogen-bond acceptors (Lipinski definition) is 2. The Labute approximate surface area is 120 Å². The van der Waals surface area contributed by atoms with Crippen LogP contribution in [0.2, 0.25) is 5.02 Å². The third-order valence-electron chi connectivity index (χ3n) is 3.53. The highest BCUT2D eigenvalue weighted by atomic mass is 35.5. The van der Waals surface area contributed by atoms with Crippen LogP contribution in [0.5, 0.6) is 0 Å². The molecule has 0 unspecified atom stereocenters. The van der Waals surface area contributed by atoms with Crippen LogP contribution in [-0.2, 0) is 11.3 Å². The molecular weight excluding hydrogens is 260 g/mol. The van der Waals surface area contributed by atoms with Crippen molar-refractivity contribution in [3.8, 4) is 0 Å². The summed E-state index contributed by atoms with van der Waals surface area (Å²) in [7, 11) is 0. The lowest BCUT2D eigenvalue weighted by atomic mass is 10.1. The Balaban J connectivity index is 1.87. The van der Waals surface area contributed by atoms with Crippen LogP contribution >= 0.6 is 11.6 Å². The van der Waals surface area contributed by atoms with E-state index < -0.39 is 0 Å². The first kappa shape index (κ1) is 14.4. The Morgan fingerprint density at radius 1 is 1.21 bits per heavy atom. The molecule has 1 fully saturated rings. The van der Waals surface area contributed by atoms with Gasteiger partial charge in [-0.1, -0.05) is 43.6 Å². The van der Waals surface area contributed by atoms with E-state index in [-0.39, 0.29) is 11.8 Å². The van der Waals surface area contributed by atoms with E-state index in [0.717, 1.165) is 43.3 Å². The minimum Gasteiger partial charge on any atom is -0.340 e. The summed E-state index contributed by atoms with van der Waals surface area (Å²) < 4.78 is 0. The second-order valence-electron chi connectivity index (χ2n) is 5.35. The van der Waals surface area contributed by atoms with Gasteiger partial charge in [-0.2, -0.15) is 0 Å². The first-order chi connectivity index (χ1) is 9.08. The van der Waals surface area contributed by atoms with E-state index in [1.165, 1.54) is 0 Å². The first-order valence-corrected chi connectivity index (χ1v) is 7.20. The van der Waals surface area contributed by atoms with Crippen molar-refractivity contribution >= 4 is 17.5 Å². The minimum absolute atomic E-state index is 0.0927. The minimum atomic E-state index is 0.0927. The quantitative estimate of drug-likeness (QED) is 0.850. The Morgan fingerprint density at radius 3 is 2.42 bits per heavy atom. The molecule has 3 nitrogen and oxygen atoms in total. The predicted octanol–water partition coefficient (Wildman–Crippen LogP) is 2.64. The standard InChI is InChI=1S/C15H21ClN2O/c1-12(2)15(19)18-9-7-17(8-10-18)11-13-5-3-4-6-14(13)16/h3-6,12H,7-11H2,1-2H3. The summed E-state index contributed by atoms with van der Waals surface area (Å²) in [5, 5.41) is 0.822. The highest BCUT2D eigenvalue weighted by molar-refractivity contribution is 6.31. The second-order valence-corrected chi connectivity index (χ2v) is 5.75. The number of rotatable bonds is 3. The zero-order valence-corrected chi connectivity index (χ0v) is 12.4. The molecule has 0 N–H and O–H groups in total. The van der Waals surface area contributed by atoms with Crippen molar-refractivity contribution in [1.29, 1.82) is 0 Å². The van der Waals surface area contributed by atoms with Crippen molar-refractivity contribution in [2.75, 3.05) is 26.2 Å². The van der Waals surface area contributed by atoms with Crippen LogP contribution < -0.4 is 0 Å². The van der Waals surface area contributed by atoms with E-state index in [4.69, 9.17) is 11.6 Å². The molecule has 0 aromatic heterocycles. The Hall–Kier alpha value is -1.06. The molecule has 2 rings (SSSR count). The molecule has 0 bridgehead atoms. The number of halogens is 1. The van der Waals surface area contributed by atoms with Crippen LogP contribution in [0, 0.1) is 5.92 Å². The zero-order chi connectivity index (χ0) is 13.8. The van der Waals surface area contributed by atoms with Gasteiger partial charge < -0.3 is 4.90 Å².